The maximum atomic E-state index is 5.69. The van der Waals surface area contributed by atoms with E-state index in [0.717, 1.165) is 45.0 Å². The van der Waals surface area contributed by atoms with Gasteiger partial charge in [0.05, 0.1) is 25.9 Å². The average Bonchev–Trinajstić information content (AvgIpc) is 3.13. The third-order valence-electron chi connectivity index (χ3n) is 4.40. The Bertz CT molecular complexity index is 511. The Morgan fingerprint density at radius 1 is 1.28 bits per heavy atom. The summed E-state index contributed by atoms with van der Waals surface area (Å²) in [6, 6.07) is 10.5. The molecule has 1 atom stereocenters. The highest BCUT2D eigenvalue weighted by Gasteiger charge is 2.20. The summed E-state index contributed by atoms with van der Waals surface area (Å²) in [5, 5.41) is 6.64. The fourth-order valence-electron chi connectivity index (χ4n) is 2.83. The predicted molar refractivity (Wildman–Crippen MR) is 103 cm³/mol. The van der Waals surface area contributed by atoms with Gasteiger partial charge in [-0.2, -0.15) is 0 Å². The summed E-state index contributed by atoms with van der Waals surface area (Å²) in [7, 11) is 0. The van der Waals surface area contributed by atoms with E-state index in [2.05, 4.69) is 55.7 Å². The third-order valence-corrected chi connectivity index (χ3v) is 4.40. The van der Waals surface area contributed by atoms with Gasteiger partial charge in [0.25, 0.3) is 0 Å². The second kappa shape index (κ2) is 10.4. The summed E-state index contributed by atoms with van der Waals surface area (Å²) in [5.74, 6) is 0.840. The number of aliphatic imine (C=N–C) groups is 1. The number of nitrogens with one attached hydrogen (secondary N) is 2. The fourth-order valence-corrected chi connectivity index (χ4v) is 2.83. The number of rotatable bonds is 9. The van der Waals surface area contributed by atoms with Gasteiger partial charge in [0.2, 0.25) is 0 Å². The maximum Gasteiger partial charge on any atom is 0.191 e. The van der Waals surface area contributed by atoms with E-state index in [1.807, 2.05) is 6.07 Å². The second-order valence-corrected chi connectivity index (χ2v) is 7.08. The average molecular weight is 348 g/mol. The fraction of sp³-hybridized carbons (Fsp3) is 0.650. The summed E-state index contributed by atoms with van der Waals surface area (Å²) < 4.78 is 11.2. The molecule has 1 heterocycles. The molecular formula is C20H33N3O2. The Morgan fingerprint density at radius 3 is 2.76 bits per heavy atom. The molecule has 0 aromatic heterocycles. The summed E-state index contributed by atoms with van der Waals surface area (Å²) in [4.78, 5) is 4.75. The monoisotopic (exact) mass is 347 g/mol. The molecule has 25 heavy (non-hydrogen) atoms. The first-order chi connectivity index (χ1) is 12.1. The highest BCUT2D eigenvalue weighted by molar-refractivity contribution is 5.79. The lowest BCUT2D eigenvalue weighted by Crippen LogP contribution is -2.40. The molecule has 5 nitrogen and oxygen atoms in total. The number of hydrogen-bond donors (Lipinski definition) is 2. The number of hydrogen-bond acceptors (Lipinski definition) is 3. The van der Waals surface area contributed by atoms with Crippen LogP contribution in [0.15, 0.2) is 35.3 Å². The molecule has 0 radical (unpaired) electrons. The van der Waals surface area contributed by atoms with Crippen molar-refractivity contribution >= 4 is 5.96 Å². The topological polar surface area (TPSA) is 54.9 Å². The number of nitrogens with zero attached hydrogens (tertiary/aromatic N) is 1. The first-order valence-electron chi connectivity index (χ1n) is 9.39. The molecule has 1 aromatic carbocycles. The van der Waals surface area contributed by atoms with Gasteiger partial charge >= 0.3 is 0 Å². The minimum absolute atomic E-state index is 0.0000759. The Labute approximate surface area is 152 Å². The molecule has 0 saturated carbocycles. The molecule has 1 fully saturated rings. The summed E-state index contributed by atoms with van der Waals surface area (Å²) in [6.45, 7) is 11.1. The Hall–Kier alpha value is -1.59. The van der Waals surface area contributed by atoms with Crippen molar-refractivity contribution in [1.82, 2.24) is 10.6 Å². The predicted octanol–water partition coefficient (Wildman–Crippen LogP) is 2.71. The molecule has 1 aliphatic rings. The van der Waals surface area contributed by atoms with Crippen LogP contribution >= 0.6 is 0 Å². The molecule has 0 amide bonds. The zero-order chi connectivity index (χ0) is 18.0. The maximum absolute atomic E-state index is 5.69. The molecule has 2 rings (SSSR count). The molecule has 5 heteroatoms. The van der Waals surface area contributed by atoms with E-state index in [-0.39, 0.29) is 11.5 Å². The van der Waals surface area contributed by atoms with Crippen LogP contribution < -0.4 is 10.6 Å². The highest BCUT2D eigenvalue weighted by Crippen LogP contribution is 2.22. The van der Waals surface area contributed by atoms with Crippen molar-refractivity contribution in [1.29, 1.82) is 0 Å². The molecule has 140 valence electrons. The molecule has 1 aromatic rings. The van der Waals surface area contributed by atoms with Gasteiger partial charge < -0.3 is 20.1 Å². The van der Waals surface area contributed by atoms with Crippen LogP contribution in [0.3, 0.4) is 0 Å². The number of guanidine groups is 1. The van der Waals surface area contributed by atoms with Gasteiger partial charge in [-0.3, -0.25) is 4.99 Å². The zero-order valence-electron chi connectivity index (χ0n) is 15.9. The van der Waals surface area contributed by atoms with Crippen LogP contribution in [0.2, 0.25) is 0 Å². The lowest BCUT2D eigenvalue weighted by molar-refractivity contribution is 0.0191. The normalized spacial score (nSPS) is 18.4. The molecule has 1 saturated heterocycles. The van der Waals surface area contributed by atoms with Gasteiger partial charge in [-0.15, -0.1) is 0 Å². The molecule has 1 unspecified atom stereocenters. The first-order valence-corrected chi connectivity index (χ1v) is 9.39. The summed E-state index contributed by atoms with van der Waals surface area (Å²) >= 11 is 0. The van der Waals surface area contributed by atoms with Gasteiger partial charge in [-0.1, -0.05) is 44.2 Å². The smallest absolute Gasteiger partial charge is 0.191 e. The first kappa shape index (κ1) is 19.7. The van der Waals surface area contributed by atoms with Crippen molar-refractivity contribution in [2.75, 3.05) is 39.5 Å². The van der Waals surface area contributed by atoms with E-state index >= 15 is 0 Å². The standard InChI is InChI=1S/C20H33N3O2/c1-4-21-19(22-12-14-24-15-18-11-8-13-25-18)23-16-20(2,3)17-9-6-5-7-10-17/h5-7,9-10,18H,4,8,11-16H2,1-3H3,(H2,21,22,23). The summed E-state index contributed by atoms with van der Waals surface area (Å²) in [5.41, 5.74) is 1.30. The van der Waals surface area contributed by atoms with Crippen LogP contribution in [-0.4, -0.2) is 51.5 Å². The Balaban J connectivity index is 1.75. The Morgan fingerprint density at radius 2 is 2.08 bits per heavy atom. The zero-order valence-corrected chi connectivity index (χ0v) is 15.9. The van der Waals surface area contributed by atoms with Crippen molar-refractivity contribution in [2.45, 2.75) is 45.1 Å². The molecule has 1 aliphatic heterocycles. The molecule has 0 spiro atoms. The lowest BCUT2D eigenvalue weighted by atomic mass is 9.85. The van der Waals surface area contributed by atoms with Crippen molar-refractivity contribution < 1.29 is 9.47 Å². The van der Waals surface area contributed by atoms with Crippen LogP contribution in [0.5, 0.6) is 0 Å². The van der Waals surface area contributed by atoms with Crippen molar-refractivity contribution in [3.8, 4) is 0 Å². The van der Waals surface area contributed by atoms with Gasteiger partial charge in [0, 0.05) is 25.1 Å². The molecule has 0 aliphatic carbocycles. The van der Waals surface area contributed by atoms with Gasteiger partial charge in [0.1, 0.15) is 0 Å². The number of ether oxygens (including phenoxy) is 2. The van der Waals surface area contributed by atoms with Crippen LogP contribution in [0.1, 0.15) is 39.2 Å². The van der Waals surface area contributed by atoms with Crippen LogP contribution in [0.4, 0.5) is 0 Å². The van der Waals surface area contributed by atoms with Crippen molar-refractivity contribution in [3.63, 3.8) is 0 Å². The van der Waals surface area contributed by atoms with Gasteiger partial charge in [-0.05, 0) is 25.3 Å². The minimum Gasteiger partial charge on any atom is -0.377 e. The quantitative estimate of drug-likeness (QED) is 0.410. The van der Waals surface area contributed by atoms with E-state index in [4.69, 9.17) is 14.5 Å². The van der Waals surface area contributed by atoms with Crippen LogP contribution in [-0.2, 0) is 14.9 Å². The summed E-state index contributed by atoms with van der Waals surface area (Å²) in [6.07, 6.45) is 2.56. The SMILES string of the molecule is CCNC(=NCC(C)(C)c1ccccc1)NCCOCC1CCCO1. The lowest BCUT2D eigenvalue weighted by Gasteiger charge is -2.24. The van der Waals surface area contributed by atoms with E-state index in [1.54, 1.807) is 0 Å². The highest BCUT2D eigenvalue weighted by atomic mass is 16.5. The molecule has 0 bridgehead atoms. The van der Waals surface area contributed by atoms with E-state index in [9.17, 15) is 0 Å². The van der Waals surface area contributed by atoms with Crippen LogP contribution in [0, 0.1) is 0 Å². The van der Waals surface area contributed by atoms with Gasteiger partial charge in [-0.25, -0.2) is 0 Å². The Kier molecular flexibility index (Phi) is 8.22. The van der Waals surface area contributed by atoms with Crippen molar-refractivity contribution in [2.24, 2.45) is 4.99 Å². The van der Waals surface area contributed by atoms with E-state index < -0.39 is 0 Å². The molecule has 2 N–H and O–H groups in total. The second-order valence-electron chi connectivity index (χ2n) is 7.08. The van der Waals surface area contributed by atoms with Crippen LogP contribution in [0.25, 0.3) is 0 Å². The van der Waals surface area contributed by atoms with Crippen molar-refractivity contribution in [3.05, 3.63) is 35.9 Å². The van der Waals surface area contributed by atoms with E-state index in [1.165, 1.54) is 5.56 Å². The third kappa shape index (κ3) is 7.04. The number of benzene rings is 1. The van der Waals surface area contributed by atoms with Gasteiger partial charge in [0.15, 0.2) is 5.96 Å². The minimum atomic E-state index is -0.0000759. The van der Waals surface area contributed by atoms with E-state index in [0.29, 0.717) is 13.2 Å². The largest absolute Gasteiger partial charge is 0.377 e. The molecular weight excluding hydrogens is 314 g/mol.